The first-order chi connectivity index (χ1) is 9.31. The van der Waals surface area contributed by atoms with E-state index in [0.29, 0.717) is 6.04 Å². The molecule has 0 saturated carbocycles. The fraction of sp³-hybridized carbons (Fsp3) is 1.00. The highest BCUT2D eigenvalue weighted by atomic mass is 16.5. The molecule has 1 fully saturated rings. The fourth-order valence-electron chi connectivity index (χ4n) is 3.27. The molecule has 1 heterocycles. The van der Waals surface area contributed by atoms with Crippen molar-refractivity contribution in [3.8, 4) is 0 Å². The van der Waals surface area contributed by atoms with Gasteiger partial charge in [-0.1, -0.05) is 52.4 Å². The average molecular weight is 271 g/mol. The van der Waals surface area contributed by atoms with E-state index in [0.717, 1.165) is 32.2 Å². The number of nitrogens with zero attached hydrogens (tertiary/aromatic N) is 1. The van der Waals surface area contributed by atoms with Crippen LogP contribution in [0.3, 0.4) is 0 Å². The zero-order chi connectivity index (χ0) is 13.9. The second-order valence-electron chi connectivity index (χ2n) is 5.86. The van der Waals surface area contributed by atoms with Gasteiger partial charge in [-0.25, -0.2) is 0 Å². The lowest BCUT2D eigenvalue weighted by Crippen LogP contribution is -2.46. The Balaban J connectivity index is 2.24. The average Bonchev–Trinajstić information content (AvgIpc) is 2.41. The summed E-state index contributed by atoms with van der Waals surface area (Å²) in [6.07, 6.45) is 9.29. The summed E-state index contributed by atoms with van der Waals surface area (Å²) in [5.74, 6) is 0.922. The van der Waals surface area contributed by atoms with Crippen LogP contribution in [-0.4, -0.2) is 49.0 Å². The second-order valence-corrected chi connectivity index (χ2v) is 5.86. The van der Waals surface area contributed by atoms with Crippen molar-refractivity contribution >= 4 is 0 Å². The summed E-state index contributed by atoms with van der Waals surface area (Å²) < 4.78 is 5.59. The van der Waals surface area contributed by atoms with Crippen LogP contribution in [-0.2, 0) is 4.74 Å². The van der Waals surface area contributed by atoms with Gasteiger partial charge in [0.1, 0.15) is 0 Å². The molecular weight excluding hydrogens is 238 g/mol. The summed E-state index contributed by atoms with van der Waals surface area (Å²) in [6, 6.07) is 0.532. The lowest BCUT2D eigenvalue weighted by molar-refractivity contribution is -0.0174. The third-order valence-corrected chi connectivity index (χ3v) is 4.28. The van der Waals surface area contributed by atoms with Crippen LogP contribution < -0.4 is 0 Å². The lowest BCUT2D eigenvalue weighted by Gasteiger charge is -2.35. The van der Waals surface area contributed by atoms with Crippen molar-refractivity contribution in [3.63, 3.8) is 0 Å². The van der Waals surface area contributed by atoms with E-state index in [-0.39, 0.29) is 6.61 Å². The molecule has 1 atom stereocenters. The minimum Gasteiger partial charge on any atom is -0.395 e. The Morgan fingerprint density at radius 3 is 2.58 bits per heavy atom. The van der Waals surface area contributed by atoms with E-state index < -0.39 is 0 Å². The topological polar surface area (TPSA) is 32.7 Å². The van der Waals surface area contributed by atoms with E-state index in [4.69, 9.17) is 9.84 Å². The van der Waals surface area contributed by atoms with Crippen molar-refractivity contribution in [3.05, 3.63) is 0 Å². The van der Waals surface area contributed by atoms with Gasteiger partial charge >= 0.3 is 0 Å². The Morgan fingerprint density at radius 2 is 1.95 bits per heavy atom. The largest absolute Gasteiger partial charge is 0.395 e. The van der Waals surface area contributed by atoms with E-state index in [1.54, 1.807) is 0 Å². The molecule has 0 bridgehead atoms. The highest BCUT2D eigenvalue weighted by molar-refractivity contribution is 4.75. The van der Waals surface area contributed by atoms with E-state index in [1.807, 2.05) is 0 Å². The molecular formula is C16H33NO2. The van der Waals surface area contributed by atoms with Gasteiger partial charge < -0.3 is 9.84 Å². The van der Waals surface area contributed by atoms with Gasteiger partial charge in [0.2, 0.25) is 0 Å². The normalized spacial score (nSPS) is 21.2. The number of hydrogen-bond acceptors (Lipinski definition) is 3. The van der Waals surface area contributed by atoms with Gasteiger partial charge in [0, 0.05) is 19.1 Å². The maximum atomic E-state index is 9.11. The molecule has 1 aliphatic rings. The Labute approximate surface area is 119 Å². The summed E-state index contributed by atoms with van der Waals surface area (Å²) in [7, 11) is 0. The number of morpholine rings is 1. The van der Waals surface area contributed by atoms with Crippen LogP contribution in [0.2, 0.25) is 0 Å². The maximum Gasteiger partial charge on any atom is 0.0622 e. The van der Waals surface area contributed by atoms with Crippen LogP contribution >= 0.6 is 0 Å². The van der Waals surface area contributed by atoms with Gasteiger partial charge in [-0.05, 0) is 12.3 Å². The zero-order valence-corrected chi connectivity index (χ0v) is 12.9. The smallest absolute Gasteiger partial charge is 0.0622 e. The monoisotopic (exact) mass is 271 g/mol. The van der Waals surface area contributed by atoms with Gasteiger partial charge in [0.05, 0.1) is 19.8 Å². The molecule has 19 heavy (non-hydrogen) atoms. The predicted molar refractivity (Wildman–Crippen MR) is 80.4 cm³/mol. The maximum absolute atomic E-state index is 9.11. The molecule has 114 valence electrons. The van der Waals surface area contributed by atoms with E-state index in [1.165, 1.54) is 44.9 Å². The van der Waals surface area contributed by atoms with Gasteiger partial charge in [-0.2, -0.15) is 0 Å². The SMILES string of the molecule is CCCC(CCC)CCC[C@H]1COCCN1CCO. The third-order valence-electron chi connectivity index (χ3n) is 4.28. The van der Waals surface area contributed by atoms with Gasteiger partial charge in [-0.15, -0.1) is 0 Å². The number of β-amino-alcohol motifs (C(OH)–C–C–N with tert-alkyl or cyclic N) is 1. The number of aliphatic hydroxyl groups excluding tert-OH is 1. The summed E-state index contributed by atoms with van der Waals surface area (Å²) in [6.45, 7) is 8.32. The van der Waals surface area contributed by atoms with E-state index in [2.05, 4.69) is 18.7 Å². The third kappa shape index (κ3) is 6.73. The highest BCUT2D eigenvalue weighted by Crippen LogP contribution is 2.22. The van der Waals surface area contributed by atoms with Gasteiger partial charge in [0.15, 0.2) is 0 Å². The number of rotatable bonds is 10. The van der Waals surface area contributed by atoms with E-state index >= 15 is 0 Å². The molecule has 3 nitrogen and oxygen atoms in total. The fourth-order valence-corrected chi connectivity index (χ4v) is 3.27. The zero-order valence-electron chi connectivity index (χ0n) is 12.9. The molecule has 0 amide bonds. The predicted octanol–water partition coefficient (Wildman–Crippen LogP) is 3.07. The molecule has 0 unspecified atom stereocenters. The molecule has 3 heteroatoms. The molecule has 1 aliphatic heterocycles. The summed E-state index contributed by atoms with van der Waals surface area (Å²) >= 11 is 0. The molecule has 0 aromatic heterocycles. The Hall–Kier alpha value is -0.120. The van der Waals surface area contributed by atoms with Crippen molar-refractivity contribution in [2.75, 3.05) is 32.9 Å². The molecule has 1 saturated heterocycles. The first kappa shape index (κ1) is 16.9. The van der Waals surface area contributed by atoms with Gasteiger partial charge in [0.25, 0.3) is 0 Å². The molecule has 0 aromatic rings. The number of ether oxygens (including phenoxy) is 1. The minimum atomic E-state index is 0.269. The Morgan fingerprint density at radius 1 is 1.21 bits per heavy atom. The highest BCUT2D eigenvalue weighted by Gasteiger charge is 2.22. The van der Waals surface area contributed by atoms with Crippen LogP contribution in [0.25, 0.3) is 0 Å². The van der Waals surface area contributed by atoms with Crippen LogP contribution in [0.4, 0.5) is 0 Å². The standard InChI is InChI=1S/C16H33NO2/c1-3-6-15(7-4-2)8-5-9-16-14-19-13-11-17(16)10-12-18/h15-16,18H,3-14H2,1-2H3/t16-/m0/s1. The first-order valence-electron chi connectivity index (χ1n) is 8.24. The van der Waals surface area contributed by atoms with Crippen molar-refractivity contribution in [2.45, 2.75) is 64.8 Å². The van der Waals surface area contributed by atoms with Crippen LogP contribution in [0.15, 0.2) is 0 Å². The molecule has 1 rings (SSSR count). The lowest BCUT2D eigenvalue weighted by atomic mass is 9.91. The minimum absolute atomic E-state index is 0.269. The summed E-state index contributed by atoms with van der Waals surface area (Å²) in [5, 5.41) is 9.11. The Bertz CT molecular complexity index is 203. The number of aliphatic hydroxyl groups is 1. The molecule has 0 radical (unpaired) electrons. The van der Waals surface area contributed by atoms with Crippen molar-refractivity contribution in [1.29, 1.82) is 0 Å². The first-order valence-corrected chi connectivity index (χ1v) is 8.24. The van der Waals surface area contributed by atoms with Gasteiger partial charge in [-0.3, -0.25) is 4.90 Å². The van der Waals surface area contributed by atoms with E-state index in [9.17, 15) is 0 Å². The van der Waals surface area contributed by atoms with Crippen molar-refractivity contribution in [2.24, 2.45) is 5.92 Å². The quantitative estimate of drug-likeness (QED) is 0.663. The van der Waals surface area contributed by atoms with Crippen LogP contribution in [0, 0.1) is 5.92 Å². The van der Waals surface area contributed by atoms with Crippen molar-refractivity contribution < 1.29 is 9.84 Å². The molecule has 0 aliphatic carbocycles. The van der Waals surface area contributed by atoms with Crippen LogP contribution in [0.1, 0.15) is 58.8 Å². The number of hydrogen-bond donors (Lipinski definition) is 1. The Kier molecular flexibility index (Phi) is 9.48. The second kappa shape index (κ2) is 10.6. The molecule has 0 spiro atoms. The summed E-state index contributed by atoms with van der Waals surface area (Å²) in [4.78, 5) is 2.40. The summed E-state index contributed by atoms with van der Waals surface area (Å²) in [5.41, 5.74) is 0. The molecule has 0 aromatic carbocycles. The van der Waals surface area contributed by atoms with Crippen molar-refractivity contribution in [1.82, 2.24) is 4.90 Å². The molecule has 1 N–H and O–H groups in total. The van der Waals surface area contributed by atoms with Crippen LogP contribution in [0.5, 0.6) is 0 Å².